The number of hydrogen-bond acceptors (Lipinski definition) is 6. The summed E-state index contributed by atoms with van der Waals surface area (Å²) in [6.07, 6.45) is 1.37. The molecular formula is C21H21N3O4S. The van der Waals surface area contributed by atoms with Crippen molar-refractivity contribution in [1.82, 2.24) is 9.97 Å². The van der Waals surface area contributed by atoms with Crippen molar-refractivity contribution in [2.75, 3.05) is 5.32 Å². The average Bonchev–Trinajstić information content (AvgIpc) is 3.38. The van der Waals surface area contributed by atoms with E-state index in [-0.39, 0.29) is 11.5 Å². The first-order valence-electron chi connectivity index (χ1n) is 9.13. The second-order valence-electron chi connectivity index (χ2n) is 6.48. The van der Waals surface area contributed by atoms with Crippen LogP contribution in [0.1, 0.15) is 47.2 Å². The highest BCUT2D eigenvalue weighted by molar-refractivity contribution is 7.14. The molecule has 0 aliphatic heterocycles. The summed E-state index contributed by atoms with van der Waals surface area (Å²) in [4.78, 5) is 42.9. The number of H-pyrrole nitrogens is 1. The second-order valence-corrected chi connectivity index (χ2v) is 7.34. The summed E-state index contributed by atoms with van der Waals surface area (Å²) in [5.74, 6) is -1.37. The van der Waals surface area contributed by atoms with Crippen molar-refractivity contribution in [2.45, 2.75) is 33.3 Å². The van der Waals surface area contributed by atoms with E-state index in [1.807, 2.05) is 29.6 Å². The number of anilines is 1. The monoisotopic (exact) mass is 411 g/mol. The van der Waals surface area contributed by atoms with E-state index < -0.39 is 18.0 Å². The maximum atomic E-state index is 12.3. The van der Waals surface area contributed by atoms with Crippen LogP contribution < -0.4 is 5.32 Å². The number of carbonyl (C=O) groups excluding carboxylic acids is 3. The lowest BCUT2D eigenvalue weighted by Gasteiger charge is -2.11. The Bertz CT molecular complexity index is 1040. The van der Waals surface area contributed by atoms with Crippen molar-refractivity contribution in [3.8, 4) is 11.3 Å². The van der Waals surface area contributed by atoms with Gasteiger partial charge in [0.25, 0.3) is 5.91 Å². The van der Waals surface area contributed by atoms with Crippen molar-refractivity contribution in [2.24, 2.45) is 0 Å². The van der Waals surface area contributed by atoms with E-state index in [9.17, 15) is 14.4 Å². The van der Waals surface area contributed by atoms with E-state index in [0.29, 0.717) is 10.7 Å². The number of Topliss-reactive ketones (excluding diaryl/α,β-unsaturated/α-hetero) is 1. The van der Waals surface area contributed by atoms with Gasteiger partial charge in [-0.15, -0.1) is 11.3 Å². The average molecular weight is 411 g/mol. The Balaban J connectivity index is 1.59. The summed E-state index contributed by atoms with van der Waals surface area (Å²) in [6, 6.07) is 9.48. The molecule has 0 bridgehead atoms. The molecule has 0 spiro atoms. The molecule has 3 rings (SSSR count). The second kappa shape index (κ2) is 8.83. The van der Waals surface area contributed by atoms with Gasteiger partial charge in [-0.25, -0.2) is 9.78 Å². The largest absolute Gasteiger partial charge is 0.448 e. The van der Waals surface area contributed by atoms with E-state index >= 15 is 0 Å². The molecule has 2 heterocycles. The van der Waals surface area contributed by atoms with Crippen molar-refractivity contribution in [1.29, 1.82) is 0 Å². The lowest BCUT2D eigenvalue weighted by Crippen LogP contribution is -2.30. The Kier molecular flexibility index (Phi) is 6.23. The zero-order valence-electron chi connectivity index (χ0n) is 16.3. The molecular weight excluding hydrogens is 390 g/mol. The molecule has 150 valence electrons. The Labute approximate surface area is 172 Å². The molecule has 8 heteroatoms. The third-order valence-electron chi connectivity index (χ3n) is 4.35. The molecule has 0 saturated carbocycles. The lowest BCUT2D eigenvalue weighted by molar-refractivity contribution is -0.123. The van der Waals surface area contributed by atoms with Crippen LogP contribution in [0.3, 0.4) is 0 Å². The standard InChI is InChI=1S/C21H21N3O4S/c1-4-14-5-7-15(8-6-14)18-11-29-21(23-18)24-19(26)13(3)28-20(27)17-9-16(10-22-17)12(2)25/h5-11,13,22H,4H2,1-3H3,(H,23,24,26)/t13-/m1/s1. The summed E-state index contributed by atoms with van der Waals surface area (Å²) in [5, 5.41) is 4.94. The van der Waals surface area contributed by atoms with Gasteiger partial charge >= 0.3 is 5.97 Å². The van der Waals surface area contributed by atoms with Crippen LogP contribution in [0.4, 0.5) is 5.13 Å². The summed E-state index contributed by atoms with van der Waals surface area (Å²) in [5.41, 5.74) is 3.45. The van der Waals surface area contributed by atoms with E-state index in [0.717, 1.165) is 17.7 Å². The number of amides is 1. The van der Waals surface area contributed by atoms with Crippen molar-refractivity contribution >= 4 is 34.1 Å². The molecule has 0 aliphatic rings. The van der Waals surface area contributed by atoms with E-state index in [1.54, 1.807) is 0 Å². The van der Waals surface area contributed by atoms with E-state index in [2.05, 4.69) is 22.2 Å². The maximum Gasteiger partial charge on any atom is 0.355 e. The zero-order chi connectivity index (χ0) is 21.0. The fraction of sp³-hybridized carbons (Fsp3) is 0.238. The van der Waals surface area contributed by atoms with Crippen LogP contribution in [0.2, 0.25) is 0 Å². The van der Waals surface area contributed by atoms with Crippen LogP contribution >= 0.6 is 11.3 Å². The minimum atomic E-state index is -1.03. The molecule has 0 unspecified atom stereocenters. The summed E-state index contributed by atoms with van der Waals surface area (Å²) in [7, 11) is 0. The van der Waals surface area contributed by atoms with Crippen LogP contribution in [0.25, 0.3) is 11.3 Å². The van der Waals surface area contributed by atoms with Gasteiger partial charge in [0.1, 0.15) is 5.69 Å². The minimum Gasteiger partial charge on any atom is -0.448 e. The molecule has 29 heavy (non-hydrogen) atoms. The van der Waals surface area contributed by atoms with Gasteiger partial charge < -0.3 is 9.72 Å². The van der Waals surface area contributed by atoms with Gasteiger partial charge in [-0.3, -0.25) is 14.9 Å². The molecule has 2 aromatic heterocycles. The van der Waals surface area contributed by atoms with Gasteiger partial charge in [-0.1, -0.05) is 31.2 Å². The van der Waals surface area contributed by atoms with Crippen molar-refractivity contribution in [3.63, 3.8) is 0 Å². The molecule has 7 nitrogen and oxygen atoms in total. The van der Waals surface area contributed by atoms with Gasteiger partial charge in [-0.2, -0.15) is 0 Å². The zero-order valence-corrected chi connectivity index (χ0v) is 17.1. The summed E-state index contributed by atoms with van der Waals surface area (Å²) in [6.45, 7) is 4.96. The smallest absolute Gasteiger partial charge is 0.355 e. The first-order chi connectivity index (χ1) is 13.9. The summed E-state index contributed by atoms with van der Waals surface area (Å²) < 4.78 is 5.16. The SMILES string of the molecule is CCc1ccc(-c2csc(NC(=O)[C@@H](C)OC(=O)c3cc(C(C)=O)c[nH]3)n2)cc1. The van der Waals surface area contributed by atoms with Gasteiger partial charge in [0.15, 0.2) is 17.0 Å². The van der Waals surface area contributed by atoms with Crippen LogP contribution in [0.15, 0.2) is 41.9 Å². The van der Waals surface area contributed by atoms with Crippen LogP contribution in [0.5, 0.6) is 0 Å². The number of nitrogens with zero attached hydrogens (tertiary/aromatic N) is 1. The number of ketones is 1. The number of thiazole rings is 1. The third kappa shape index (κ3) is 4.97. The highest BCUT2D eigenvalue weighted by atomic mass is 32.1. The highest BCUT2D eigenvalue weighted by Gasteiger charge is 2.21. The number of rotatable bonds is 7. The minimum absolute atomic E-state index is 0.113. The molecule has 0 aliphatic carbocycles. The summed E-state index contributed by atoms with van der Waals surface area (Å²) >= 11 is 1.29. The van der Waals surface area contributed by atoms with Gasteiger partial charge in [-0.05, 0) is 31.9 Å². The van der Waals surface area contributed by atoms with Crippen LogP contribution in [-0.4, -0.2) is 33.7 Å². The number of aryl methyl sites for hydroxylation is 1. The van der Waals surface area contributed by atoms with E-state index in [1.165, 1.54) is 43.0 Å². The normalized spacial score (nSPS) is 11.7. The third-order valence-corrected chi connectivity index (χ3v) is 5.11. The van der Waals surface area contributed by atoms with Crippen LogP contribution in [-0.2, 0) is 16.0 Å². The number of nitrogens with one attached hydrogen (secondary N) is 2. The van der Waals surface area contributed by atoms with Gasteiger partial charge in [0.05, 0.1) is 5.69 Å². The maximum absolute atomic E-state index is 12.3. The number of aromatic amines is 1. The Morgan fingerprint density at radius 2 is 1.97 bits per heavy atom. The number of ether oxygens (including phenoxy) is 1. The van der Waals surface area contributed by atoms with Gasteiger partial charge in [0.2, 0.25) is 0 Å². The number of carbonyl (C=O) groups is 3. The van der Waals surface area contributed by atoms with Crippen LogP contribution in [0, 0.1) is 0 Å². The molecule has 0 fully saturated rings. The van der Waals surface area contributed by atoms with Crippen molar-refractivity contribution in [3.05, 3.63) is 58.7 Å². The Morgan fingerprint density at radius 3 is 2.59 bits per heavy atom. The predicted octanol–water partition coefficient (Wildman–Crippen LogP) is 4.09. The number of benzene rings is 1. The molecule has 0 radical (unpaired) electrons. The molecule has 2 N–H and O–H groups in total. The fourth-order valence-electron chi connectivity index (χ4n) is 2.57. The Morgan fingerprint density at radius 1 is 1.24 bits per heavy atom. The fourth-order valence-corrected chi connectivity index (χ4v) is 3.30. The molecule has 1 aromatic carbocycles. The van der Waals surface area contributed by atoms with E-state index in [4.69, 9.17) is 4.74 Å². The first-order valence-corrected chi connectivity index (χ1v) is 10.0. The van der Waals surface area contributed by atoms with Gasteiger partial charge in [0, 0.05) is 22.7 Å². The number of aromatic nitrogens is 2. The molecule has 3 aromatic rings. The van der Waals surface area contributed by atoms with Crippen molar-refractivity contribution < 1.29 is 19.1 Å². The number of esters is 1. The number of hydrogen-bond donors (Lipinski definition) is 2. The molecule has 0 saturated heterocycles. The lowest BCUT2D eigenvalue weighted by atomic mass is 10.1. The highest BCUT2D eigenvalue weighted by Crippen LogP contribution is 2.25. The molecule has 1 amide bonds. The topological polar surface area (TPSA) is 101 Å². The first kappa shape index (κ1) is 20.5. The predicted molar refractivity (Wildman–Crippen MR) is 111 cm³/mol. The quantitative estimate of drug-likeness (QED) is 0.450. The Hall–Kier alpha value is -3.26. The molecule has 1 atom stereocenters.